The number of fused-ring (bicyclic) bond motifs is 9. The predicted octanol–water partition coefficient (Wildman–Crippen LogP) is 18.4. The van der Waals surface area contributed by atoms with Gasteiger partial charge >= 0.3 is 0 Å². The molecule has 4 heterocycles. The first-order valence-corrected chi connectivity index (χ1v) is 27.9. The van der Waals surface area contributed by atoms with Crippen LogP contribution >= 0.6 is 23.1 Å². The van der Waals surface area contributed by atoms with E-state index in [1.165, 1.54) is 75.0 Å². The van der Waals surface area contributed by atoms with Crippen molar-refractivity contribution in [2.75, 3.05) is 14.7 Å². The summed E-state index contributed by atoms with van der Waals surface area (Å²) >= 11 is 3.77. The van der Waals surface area contributed by atoms with Gasteiger partial charge in [0.15, 0.2) is 0 Å². The van der Waals surface area contributed by atoms with Crippen molar-refractivity contribution in [3.63, 3.8) is 0 Å². The molecule has 0 amide bonds. The molecule has 0 spiro atoms. The second-order valence-electron chi connectivity index (χ2n) is 23.5. The van der Waals surface area contributed by atoms with Gasteiger partial charge in [0.2, 0.25) is 0 Å². The number of rotatable bonds is 7. The summed E-state index contributed by atoms with van der Waals surface area (Å²) in [6.07, 6.45) is 0. The van der Waals surface area contributed by atoms with Crippen LogP contribution in [0.3, 0.4) is 0 Å². The van der Waals surface area contributed by atoms with E-state index in [1.807, 2.05) is 23.1 Å². The molecule has 2 aromatic heterocycles. The fourth-order valence-electron chi connectivity index (χ4n) is 11.4. The van der Waals surface area contributed by atoms with Gasteiger partial charge < -0.3 is 19.1 Å². The van der Waals surface area contributed by atoms with E-state index in [9.17, 15) is 0 Å². The number of hydrogen-bond donors (Lipinski definition) is 0. The molecule has 9 aromatic carbocycles. The number of nitrogens with zero attached hydrogens (tertiary/aromatic N) is 3. The summed E-state index contributed by atoms with van der Waals surface area (Å²) in [6, 6.07) is 74.9. The minimum Gasteiger partial charge on any atom is -0.456 e. The first-order chi connectivity index (χ1) is 36.1. The van der Waals surface area contributed by atoms with Crippen LogP contribution < -0.4 is 30.4 Å². The van der Waals surface area contributed by atoms with E-state index < -0.39 is 0 Å². The zero-order valence-corrected chi connectivity index (χ0v) is 45.8. The quantitative estimate of drug-likeness (QED) is 0.148. The Labute approximate surface area is 450 Å². The molecule has 0 N–H and O–H groups in total. The van der Waals surface area contributed by atoms with E-state index in [-0.39, 0.29) is 23.0 Å². The highest BCUT2D eigenvalue weighted by molar-refractivity contribution is 7.99. The number of hydrogen-bond acceptors (Lipinski definition) is 6. The summed E-state index contributed by atoms with van der Waals surface area (Å²) in [4.78, 5) is 9.96. The topological polar surface area (TPSA) is 22.9 Å². The molecule has 13 rings (SSSR count). The average molecular weight is 1010 g/mol. The van der Waals surface area contributed by atoms with Crippen molar-refractivity contribution in [1.82, 2.24) is 0 Å². The van der Waals surface area contributed by atoms with Crippen LogP contribution in [-0.4, -0.2) is 6.71 Å². The van der Waals surface area contributed by atoms with Gasteiger partial charge in [0.1, 0.15) is 11.2 Å². The van der Waals surface area contributed by atoms with Gasteiger partial charge in [-0.15, -0.1) is 11.3 Å². The van der Waals surface area contributed by atoms with Crippen molar-refractivity contribution >= 4 is 129 Å². The molecule has 0 bridgehead atoms. The monoisotopic (exact) mass is 1010 g/mol. The molecule has 0 fully saturated rings. The number of thiophene rings is 1. The van der Waals surface area contributed by atoms with Gasteiger partial charge in [-0.25, -0.2) is 0 Å². The maximum atomic E-state index is 6.48. The first-order valence-electron chi connectivity index (χ1n) is 26.3. The fraction of sp³-hybridized carbons (Fsp3) is 0.176. The largest absolute Gasteiger partial charge is 0.456 e. The van der Waals surface area contributed by atoms with E-state index in [1.54, 1.807) is 0 Å². The molecular weight excluding hydrogens is 950 g/mol. The van der Waals surface area contributed by atoms with Crippen molar-refractivity contribution in [3.05, 3.63) is 217 Å². The molecule has 2 aliphatic rings. The van der Waals surface area contributed by atoms with Crippen LogP contribution in [0.1, 0.15) is 79.0 Å². The van der Waals surface area contributed by atoms with E-state index in [0.29, 0.717) is 0 Å². The lowest BCUT2D eigenvalue weighted by molar-refractivity contribution is 0.590. The van der Waals surface area contributed by atoms with Crippen LogP contribution in [0.15, 0.2) is 214 Å². The number of anilines is 9. The van der Waals surface area contributed by atoms with Crippen molar-refractivity contribution < 1.29 is 4.42 Å². The van der Waals surface area contributed by atoms with Gasteiger partial charge in [0.05, 0.1) is 5.69 Å². The minimum absolute atomic E-state index is 0.0271. The molecule has 11 aromatic rings. The van der Waals surface area contributed by atoms with Gasteiger partial charge in [-0.2, -0.15) is 0 Å². The first kappa shape index (κ1) is 47.3. The van der Waals surface area contributed by atoms with Crippen molar-refractivity contribution in [1.29, 1.82) is 0 Å². The molecule has 7 heteroatoms. The third-order valence-corrected chi connectivity index (χ3v) is 17.5. The van der Waals surface area contributed by atoms with Gasteiger partial charge in [-0.1, -0.05) is 165 Å². The molecule has 0 saturated carbocycles. The average Bonchev–Trinajstić information content (AvgIpc) is 4.02. The van der Waals surface area contributed by atoms with Crippen molar-refractivity contribution in [2.45, 2.75) is 88.3 Å². The Morgan fingerprint density at radius 3 is 1.67 bits per heavy atom. The Morgan fingerprint density at radius 2 is 1.01 bits per heavy atom. The second-order valence-corrected chi connectivity index (χ2v) is 25.7. The van der Waals surface area contributed by atoms with Gasteiger partial charge in [-0.3, -0.25) is 0 Å². The van der Waals surface area contributed by atoms with Gasteiger partial charge in [-0.05, 0) is 153 Å². The SMILES string of the molecule is CC(C)(C)c1ccc(N(c2ccc(C(C)(C)C)cc2)c2ccc3c(c2)N(c2ccccc2)c2cc(Sc4ccccc4)cc4c2B3c2sc3ccc(C(C)(C)C)cc3c2N4c2ccc3oc4ccccc4c3c2)cc1. The summed E-state index contributed by atoms with van der Waals surface area (Å²) in [5.74, 6) is 0. The molecule has 75 heavy (non-hydrogen) atoms. The number of benzene rings is 9. The Bertz CT molecular complexity index is 3930. The summed E-state index contributed by atoms with van der Waals surface area (Å²) < 4.78 is 9.11. The van der Waals surface area contributed by atoms with Crippen LogP contribution in [-0.2, 0) is 16.2 Å². The Morgan fingerprint density at radius 1 is 0.440 bits per heavy atom. The molecule has 368 valence electrons. The molecule has 0 atom stereocenters. The highest BCUT2D eigenvalue weighted by Gasteiger charge is 2.46. The maximum absolute atomic E-state index is 6.48. The normalized spacial score (nSPS) is 13.4. The highest BCUT2D eigenvalue weighted by atomic mass is 32.2. The van der Waals surface area contributed by atoms with E-state index in [4.69, 9.17) is 4.42 Å². The molecule has 4 nitrogen and oxygen atoms in total. The summed E-state index contributed by atoms with van der Waals surface area (Å²) in [5.41, 5.74) is 18.7. The van der Waals surface area contributed by atoms with Crippen molar-refractivity contribution in [2.24, 2.45) is 0 Å². The van der Waals surface area contributed by atoms with Gasteiger partial charge in [0, 0.05) is 80.9 Å². The van der Waals surface area contributed by atoms with Crippen LogP contribution in [0.5, 0.6) is 0 Å². The standard InChI is InChI=1S/C68H60BN3OS2/c1-66(2,3)43-24-29-47(30-25-43)70(48-31-26-44(27-32-48)67(4,5)6)50-33-35-56-57(40-50)71(46-18-12-10-13-19-46)58-41-52(74-51-20-14-11-15-21-51)42-59-63(58)69(56)65-64(55-38-45(68(7,8)9)28-37-62(55)75-65)72(59)49-34-36-61-54(39-49)53-22-16-17-23-60(53)73-61/h10-42H,1-9H3. The molecular formula is C68H60BN3OS2. The second kappa shape index (κ2) is 17.6. The zero-order chi connectivity index (χ0) is 51.5. The van der Waals surface area contributed by atoms with E-state index in [0.717, 1.165) is 50.4 Å². The molecule has 0 aliphatic carbocycles. The van der Waals surface area contributed by atoms with Crippen LogP contribution in [0, 0.1) is 0 Å². The summed E-state index contributed by atoms with van der Waals surface area (Å²) in [6.45, 7) is 20.6. The van der Waals surface area contributed by atoms with E-state index in [2.05, 4.69) is 277 Å². The summed E-state index contributed by atoms with van der Waals surface area (Å²) in [7, 11) is 0. The van der Waals surface area contributed by atoms with Crippen LogP contribution in [0.2, 0.25) is 0 Å². The lowest BCUT2D eigenvalue weighted by Gasteiger charge is -2.43. The van der Waals surface area contributed by atoms with E-state index >= 15 is 0 Å². The fourth-order valence-corrected chi connectivity index (χ4v) is 13.6. The Kier molecular flexibility index (Phi) is 11.1. The lowest BCUT2D eigenvalue weighted by atomic mass is 9.36. The highest BCUT2D eigenvalue weighted by Crippen LogP contribution is 2.52. The summed E-state index contributed by atoms with van der Waals surface area (Å²) in [5, 5.41) is 3.51. The maximum Gasteiger partial charge on any atom is 0.264 e. The third-order valence-electron chi connectivity index (χ3n) is 15.3. The van der Waals surface area contributed by atoms with Gasteiger partial charge in [0.25, 0.3) is 6.71 Å². The Balaban J connectivity index is 1.10. The van der Waals surface area contributed by atoms with Crippen LogP contribution in [0.4, 0.5) is 51.2 Å². The molecule has 0 unspecified atom stereocenters. The lowest BCUT2D eigenvalue weighted by Crippen LogP contribution is -2.60. The zero-order valence-electron chi connectivity index (χ0n) is 44.2. The minimum atomic E-state index is -0.0550. The molecule has 2 aliphatic heterocycles. The smallest absolute Gasteiger partial charge is 0.264 e. The molecule has 0 radical (unpaired) electrons. The number of para-hydroxylation sites is 2. The Hall–Kier alpha value is -7.45. The predicted molar refractivity (Wildman–Crippen MR) is 324 cm³/mol. The third kappa shape index (κ3) is 8.14. The van der Waals surface area contributed by atoms with Crippen molar-refractivity contribution in [3.8, 4) is 0 Å². The molecule has 0 saturated heterocycles. The number of furan rings is 1. The van der Waals surface area contributed by atoms with Crippen LogP contribution in [0.25, 0.3) is 32.0 Å².